The van der Waals surface area contributed by atoms with Gasteiger partial charge in [-0.3, -0.25) is 0 Å². The lowest BCUT2D eigenvalue weighted by Crippen LogP contribution is -2.25. The van der Waals surface area contributed by atoms with E-state index in [1.54, 1.807) is 0 Å². The molecule has 1 saturated carbocycles. The van der Waals surface area contributed by atoms with Crippen molar-refractivity contribution in [3.63, 3.8) is 0 Å². The number of carbonyl (C=O) groups is 1. The van der Waals surface area contributed by atoms with Crippen LogP contribution in [0.15, 0.2) is 25.5 Å². The summed E-state index contributed by atoms with van der Waals surface area (Å²) in [6, 6.07) is 0. The maximum atomic E-state index is 11.0. The van der Waals surface area contributed by atoms with Crippen LogP contribution in [0.25, 0.3) is 0 Å². The maximum Gasteiger partial charge on any atom is 0.330 e. The molecule has 0 aromatic rings. The predicted molar refractivity (Wildman–Crippen MR) is 58.2 cm³/mol. The van der Waals surface area contributed by atoms with Crippen LogP contribution in [0.1, 0.15) is 25.7 Å². The van der Waals surface area contributed by atoms with Crippen molar-refractivity contribution in [3.8, 4) is 0 Å². The minimum Gasteiger partial charge on any atom is -0.502 e. The van der Waals surface area contributed by atoms with Gasteiger partial charge < -0.3 is 9.47 Å². The van der Waals surface area contributed by atoms with Crippen molar-refractivity contribution < 1.29 is 14.3 Å². The molecule has 0 atom stereocenters. The molecule has 3 heteroatoms. The molecular formula is C12H18O3. The van der Waals surface area contributed by atoms with Crippen molar-refractivity contribution in [1.29, 1.82) is 0 Å². The summed E-state index contributed by atoms with van der Waals surface area (Å²) in [7, 11) is 0. The zero-order valence-electron chi connectivity index (χ0n) is 8.98. The van der Waals surface area contributed by atoms with Gasteiger partial charge >= 0.3 is 5.97 Å². The Morgan fingerprint density at radius 2 is 1.93 bits per heavy atom. The van der Waals surface area contributed by atoms with Gasteiger partial charge in [0.15, 0.2) is 0 Å². The Morgan fingerprint density at radius 1 is 1.27 bits per heavy atom. The van der Waals surface area contributed by atoms with Gasteiger partial charge in [0, 0.05) is 6.08 Å². The molecule has 84 valence electrons. The molecule has 0 N–H and O–H groups in total. The summed E-state index contributed by atoms with van der Waals surface area (Å²) in [4.78, 5) is 11.0. The van der Waals surface area contributed by atoms with Crippen LogP contribution in [-0.4, -0.2) is 18.7 Å². The van der Waals surface area contributed by atoms with Crippen LogP contribution in [-0.2, 0) is 14.3 Å². The first-order valence-electron chi connectivity index (χ1n) is 5.31. The molecule has 3 nitrogen and oxygen atoms in total. The highest BCUT2D eigenvalue weighted by Gasteiger charge is 2.23. The van der Waals surface area contributed by atoms with Crippen molar-refractivity contribution in [1.82, 2.24) is 0 Å². The van der Waals surface area contributed by atoms with E-state index in [0.717, 1.165) is 32.3 Å². The number of esters is 1. The van der Waals surface area contributed by atoms with E-state index in [-0.39, 0.29) is 12.1 Å². The van der Waals surface area contributed by atoms with Crippen LogP contribution in [0.3, 0.4) is 0 Å². The summed E-state index contributed by atoms with van der Waals surface area (Å²) < 4.78 is 10.3. The highest BCUT2D eigenvalue weighted by atomic mass is 16.5. The van der Waals surface area contributed by atoms with Gasteiger partial charge in [0.25, 0.3) is 0 Å². The SMILES string of the molecule is C=COCC1CCC(OC(=O)C=C)CC1. The second kappa shape index (κ2) is 6.27. The van der Waals surface area contributed by atoms with E-state index in [0.29, 0.717) is 5.92 Å². The molecule has 0 aromatic carbocycles. The zero-order chi connectivity index (χ0) is 11.1. The number of carbonyl (C=O) groups excluding carboxylic acids is 1. The first-order chi connectivity index (χ1) is 7.26. The van der Waals surface area contributed by atoms with Crippen LogP contribution in [0.2, 0.25) is 0 Å². The Bertz CT molecular complexity index is 227. The lowest BCUT2D eigenvalue weighted by Gasteiger charge is -2.27. The van der Waals surface area contributed by atoms with Gasteiger partial charge in [-0.25, -0.2) is 4.79 Å². The highest BCUT2D eigenvalue weighted by molar-refractivity contribution is 5.81. The Balaban J connectivity index is 2.20. The molecule has 0 aliphatic heterocycles. The molecule has 0 amide bonds. The van der Waals surface area contributed by atoms with Crippen molar-refractivity contribution in [3.05, 3.63) is 25.5 Å². The summed E-state index contributed by atoms with van der Waals surface area (Å²) in [5.41, 5.74) is 0. The van der Waals surface area contributed by atoms with Crippen molar-refractivity contribution in [2.24, 2.45) is 5.92 Å². The highest BCUT2D eigenvalue weighted by Crippen LogP contribution is 2.26. The quantitative estimate of drug-likeness (QED) is 0.397. The van der Waals surface area contributed by atoms with Gasteiger partial charge in [0.2, 0.25) is 0 Å². The van der Waals surface area contributed by atoms with E-state index in [9.17, 15) is 4.79 Å². The van der Waals surface area contributed by atoms with E-state index in [1.807, 2.05) is 0 Å². The lowest BCUT2D eigenvalue weighted by atomic mass is 9.88. The summed E-state index contributed by atoms with van der Waals surface area (Å²) >= 11 is 0. The molecule has 0 bridgehead atoms. The van der Waals surface area contributed by atoms with Gasteiger partial charge in [0.05, 0.1) is 12.9 Å². The fourth-order valence-electron chi connectivity index (χ4n) is 1.83. The molecule has 0 saturated heterocycles. The number of hydrogen-bond donors (Lipinski definition) is 0. The summed E-state index contributed by atoms with van der Waals surface area (Å²) in [5, 5.41) is 0. The third-order valence-corrected chi connectivity index (χ3v) is 2.69. The number of rotatable bonds is 5. The average Bonchev–Trinajstić information content (AvgIpc) is 2.28. The van der Waals surface area contributed by atoms with Crippen molar-refractivity contribution >= 4 is 5.97 Å². The predicted octanol–water partition coefficient (Wildman–Crippen LogP) is 2.43. The fraction of sp³-hybridized carbons (Fsp3) is 0.583. The number of hydrogen-bond acceptors (Lipinski definition) is 3. The van der Waals surface area contributed by atoms with Crippen LogP contribution >= 0.6 is 0 Å². The topological polar surface area (TPSA) is 35.5 Å². The minimum atomic E-state index is -0.319. The molecule has 0 spiro atoms. The van der Waals surface area contributed by atoms with Crippen molar-refractivity contribution in [2.45, 2.75) is 31.8 Å². The largest absolute Gasteiger partial charge is 0.502 e. The molecule has 1 aliphatic rings. The molecule has 1 rings (SSSR count). The van der Waals surface area contributed by atoms with E-state index in [2.05, 4.69) is 13.2 Å². The van der Waals surface area contributed by atoms with E-state index in [4.69, 9.17) is 9.47 Å². The maximum absolute atomic E-state index is 11.0. The van der Waals surface area contributed by atoms with Crippen LogP contribution in [0.5, 0.6) is 0 Å². The molecule has 0 unspecified atom stereocenters. The third-order valence-electron chi connectivity index (χ3n) is 2.69. The molecule has 1 fully saturated rings. The second-order valence-corrected chi connectivity index (χ2v) is 3.78. The second-order valence-electron chi connectivity index (χ2n) is 3.78. The first-order valence-corrected chi connectivity index (χ1v) is 5.31. The van der Waals surface area contributed by atoms with E-state index in [1.165, 1.54) is 12.3 Å². The normalized spacial score (nSPS) is 25.3. The average molecular weight is 210 g/mol. The Labute approximate surface area is 90.8 Å². The van der Waals surface area contributed by atoms with Gasteiger partial charge in [0.1, 0.15) is 6.10 Å². The van der Waals surface area contributed by atoms with Crippen molar-refractivity contribution in [2.75, 3.05) is 6.61 Å². The Morgan fingerprint density at radius 3 is 2.47 bits per heavy atom. The van der Waals surface area contributed by atoms with E-state index < -0.39 is 0 Å². The molecule has 1 aliphatic carbocycles. The molecule has 0 heterocycles. The summed E-state index contributed by atoms with van der Waals surface area (Å²) in [6.07, 6.45) is 6.69. The molecule has 15 heavy (non-hydrogen) atoms. The zero-order valence-corrected chi connectivity index (χ0v) is 8.98. The smallest absolute Gasteiger partial charge is 0.330 e. The minimum absolute atomic E-state index is 0.0653. The number of ether oxygens (including phenoxy) is 2. The van der Waals surface area contributed by atoms with Crippen LogP contribution in [0.4, 0.5) is 0 Å². The van der Waals surface area contributed by atoms with Gasteiger partial charge in [-0.2, -0.15) is 0 Å². The molecular weight excluding hydrogens is 192 g/mol. The summed E-state index contributed by atoms with van der Waals surface area (Å²) in [6.45, 7) is 7.61. The van der Waals surface area contributed by atoms with Gasteiger partial charge in [-0.1, -0.05) is 13.2 Å². The molecule has 0 radical (unpaired) electrons. The fourth-order valence-corrected chi connectivity index (χ4v) is 1.83. The summed E-state index contributed by atoms with van der Waals surface area (Å²) in [5.74, 6) is 0.252. The standard InChI is InChI=1S/C12H18O3/c1-3-12(13)15-11-7-5-10(6-8-11)9-14-4-2/h3-4,10-11H,1-2,5-9H2. The Kier molecular flexibility index (Phi) is 4.95. The van der Waals surface area contributed by atoms with E-state index >= 15 is 0 Å². The van der Waals surface area contributed by atoms with Crippen LogP contribution in [0, 0.1) is 5.92 Å². The van der Waals surface area contributed by atoms with Gasteiger partial charge in [-0.15, -0.1) is 0 Å². The monoisotopic (exact) mass is 210 g/mol. The third kappa shape index (κ3) is 4.19. The molecule has 0 aromatic heterocycles. The van der Waals surface area contributed by atoms with Crippen LogP contribution < -0.4 is 0 Å². The lowest BCUT2D eigenvalue weighted by molar-refractivity contribution is -0.144. The van der Waals surface area contributed by atoms with Gasteiger partial charge in [-0.05, 0) is 31.6 Å². The first kappa shape index (κ1) is 11.8. The Hall–Kier alpha value is -1.25.